The number of ether oxygens (including phenoxy) is 2. The number of piperidine rings is 1. The first-order chi connectivity index (χ1) is 15.1. The smallest absolute Gasteiger partial charge is 0.267 e. The number of hydrogen-bond acceptors (Lipinski definition) is 6. The molecule has 1 aromatic carbocycles. The molecule has 8 nitrogen and oxygen atoms in total. The predicted molar refractivity (Wildman–Crippen MR) is 117 cm³/mol. The first-order valence-corrected chi connectivity index (χ1v) is 10.5. The molecule has 2 aliphatic heterocycles. The molecule has 31 heavy (non-hydrogen) atoms. The Morgan fingerprint density at radius 2 is 2.00 bits per heavy atom. The fourth-order valence-electron chi connectivity index (χ4n) is 4.52. The second kappa shape index (κ2) is 7.75. The van der Waals surface area contributed by atoms with E-state index in [1.54, 1.807) is 18.7 Å². The molecule has 3 aromatic rings. The van der Waals surface area contributed by atoms with Gasteiger partial charge in [0.2, 0.25) is 5.95 Å². The van der Waals surface area contributed by atoms with Crippen molar-refractivity contribution in [2.45, 2.75) is 19.3 Å². The highest BCUT2D eigenvalue weighted by molar-refractivity contribution is 5.81. The average Bonchev–Trinajstić information content (AvgIpc) is 3.43. The lowest BCUT2D eigenvalue weighted by atomic mass is 9.78. The van der Waals surface area contributed by atoms with Crippen molar-refractivity contribution in [1.29, 1.82) is 0 Å². The number of hydrogen-bond donors (Lipinski definition) is 1. The molecule has 4 heterocycles. The van der Waals surface area contributed by atoms with Crippen molar-refractivity contribution in [2.75, 3.05) is 38.3 Å². The van der Waals surface area contributed by atoms with Crippen LogP contribution in [0.25, 0.3) is 11.0 Å². The molecule has 1 spiro atoms. The van der Waals surface area contributed by atoms with Crippen LogP contribution in [0.1, 0.15) is 30.5 Å². The van der Waals surface area contributed by atoms with Gasteiger partial charge in [0.25, 0.3) is 5.56 Å². The number of aromatic amines is 1. The molecule has 0 unspecified atom stereocenters. The number of para-hydroxylation sites is 1. The first kappa shape index (κ1) is 19.6. The fourth-order valence-corrected chi connectivity index (χ4v) is 4.52. The van der Waals surface area contributed by atoms with Gasteiger partial charge in [0.1, 0.15) is 16.8 Å². The van der Waals surface area contributed by atoms with Crippen molar-refractivity contribution in [3.8, 4) is 17.6 Å². The van der Waals surface area contributed by atoms with E-state index in [-0.39, 0.29) is 5.56 Å². The highest BCUT2D eigenvalue weighted by Gasteiger charge is 2.38. The van der Waals surface area contributed by atoms with E-state index in [2.05, 4.69) is 26.9 Å². The van der Waals surface area contributed by atoms with Crippen LogP contribution in [0.15, 0.2) is 29.1 Å². The topological polar surface area (TPSA) is 85.3 Å². The van der Waals surface area contributed by atoms with Crippen molar-refractivity contribution in [1.82, 2.24) is 19.7 Å². The van der Waals surface area contributed by atoms with Gasteiger partial charge >= 0.3 is 0 Å². The van der Waals surface area contributed by atoms with Crippen molar-refractivity contribution >= 4 is 17.0 Å². The van der Waals surface area contributed by atoms with Crippen LogP contribution in [-0.2, 0) is 11.8 Å². The van der Waals surface area contributed by atoms with Crippen LogP contribution in [0.5, 0.6) is 5.75 Å². The van der Waals surface area contributed by atoms with E-state index in [1.807, 2.05) is 24.3 Å². The highest BCUT2D eigenvalue weighted by atomic mass is 16.5. The summed E-state index contributed by atoms with van der Waals surface area (Å²) in [6, 6.07) is 7.50. The van der Waals surface area contributed by atoms with Crippen LogP contribution in [0, 0.1) is 17.3 Å². The number of anilines is 1. The summed E-state index contributed by atoms with van der Waals surface area (Å²) in [6.45, 7) is 3.43. The second-order valence-electron chi connectivity index (χ2n) is 8.31. The number of nitrogens with zero attached hydrogens (tertiary/aromatic N) is 4. The van der Waals surface area contributed by atoms with Gasteiger partial charge in [-0.3, -0.25) is 14.5 Å². The number of benzene rings is 1. The van der Waals surface area contributed by atoms with E-state index in [0.717, 1.165) is 51.1 Å². The van der Waals surface area contributed by atoms with Crippen molar-refractivity contribution in [3.63, 3.8) is 0 Å². The van der Waals surface area contributed by atoms with Crippen LogP contribution in [-0.4, -0.2) is 53.2 Å². The Bertz CT molecular complexity index is 1230. The molecular weight excluding hydrogens is 394 g/mol. The zero-order chi connectivity index (χ0) is 21.4. The Hall–Kier alpha value is -3.31. The number of fused-ring (bicyclic) bond motifs is 1. The second-order valence-corrected chi connectivity index (χ2v) is 8.31. The molecule has 2 aliphatic rings. The van der Waals surface area contributed by atoms with Crippen LogP contribution in [0.3, 0.4) is 0 Å². The van der Waals surface area contributed by atoms with E-state index >= 15 is 0 Å². The largest absolute Gasteiger partial charge is 0.495 e. The maximum absolute atomic E-state index is 13.2. The number of methoxy groups -OCH3 is 1. The van der Waals surface area contributed by atoms with Crippen LogP contribution < -0.4 is 15.2 Å². The molecular formula is C23H25N5O3. The van der Waals surface area contributed by atoms with Gasteiger partial charge < -0.3 is 14.4 Å². The van der Waals surface area contributed by atoms with E-state index in [0.29, 0.717) is 33.8 Å². The molecule has 160 valence electrons. The molecule has 0 saturated carbocycles. The van der Waals surface area contributed by atoms with E-state index in [1.165, 1.54) is 0 Å². The Morgan fingerprint density at radius 1 is 1.19 bits per heavy atom. The van der Waals surface area contributed by atoms with E-state index < -0.39 is 0 Å². The summed E-state index contributed by atoms with van der Waals surface area (Å²) in [5, 5.41) is 7.56. The molecule has 2 fully saturated rings. The Labute approximate surface area is 180 Å². The molecule has 0 amide bonds. The monoisotopic (exact) mass is 419 g/mol. The van der Waals surface area contributed by atoms with Crippen LogP contribution in [0.4, 0.5) is 5.95 Å². The minimum Gasteiger partial charge on any atom is -0.495 e. The molecule has 1 N–H and O–H groups in total. The summed E-state index contributed by atoms with van der Waals surface area (Å²) in [5.41, 5.74) is 1.75. The quantitative estimate of drug-likeness (QED) is 0.640. The van der Waals surface area contributed by atoms with Gasteiger partial charge in [-0.15, -0.1) is 0 Å². The summed E-state index contributed by atoms with van der Waals surface area (Å²) in [4.78, 5) is 20.1. The van der Waals surface area contributed by atoms with Gasteiger partial charge in [0.15, 0.2) is 5.65 Å². The maximum Gasteiger partial charge on any atom is 0.267 e. The molecule has 5 rings (SSSR count). The lowest BCUT2D eigenvalue weighted by Gasteiger charge is -2.39. The van der Waals surface area contributed by atoms with Gasteiger partial charge in [0, 0.05) is 26.7 Å². The number of aromatic nitrogens is 4. The molecule has 0 radical (unpaired) electrons. The summed E-state index contributed by atoms with van der Waals surface area (Å²) >= 11 is 0. The standard InChI is InChI=1S/C23H25N5O3/c1-27-21(29)19-17(8-7-16-5-3-4-6-18(16)30-2)25-26-20(19)24-22(27)28-12-9-23(10-13-28)11-14-31-15-23/h3-6H,9-15H2,1-2H3,(H,25,26). The Balaban J connectivity index is 1.47. The van der Waals surface area contributed by atoms with E-state index in [4.69, 9.17) is 14.5 Å². The number of rotatable bonds is 2. The van der Waals surface area contributed by atoms with Crippen LogP contribution in [0.2, 0.25) is 0 Å². The fraction of sp³-hybridized carbons (Fsp3) is 0.435. The van der Waals surface area contributed by atoms with Gasteiger partial charge in [-0.1, -0.05) is 18.1 Å². The number of H-pyrrole nitrogens is 1. The summed E-state index contributed by atoms with van der Waals surface area (Å²) in [6.07, 6.45) is 3.23. The average molecular weight is 419 g/mol. The number of nitrogens with one attached hydrogen (secondary N) is 1. The lowest BCUT2D eigenvalue weighted by molar-refractivity contribution is 0.133. The zero-order valence-corrected chi connectivity index (χ0v) is 17.8. The third-order valence-electron chi connectivity index (χ3n) is 6.49. The maximum atomic E-state index is 13.2. The third kappa shape index (κ3) is 3.45. The predicted octanol–water partition coefficient (Wildman–Crippen LogP) is 2.07. The SMILES string of the molecule is COc1ccccc1C#Cc1[nH]nc2nc(N3CCC4(CCOC4)CC3)n(C)c(=O)c12. The first-order valence-electron chi connectivity index (χ1n) is 10.5. The third-order valence-corrected chi connectivity index (χ3v) is 6.49. The normalized spacial score (nSPS) is 17.7. The Kier molecular flexibility index (Phi) is 4.91. The minimum atomic E-state index is -0.150. The molecule has 0 atom stereocenters. The minimum absolute atomic E-state index is 0.150. The lowest BCUT2D eigenvalue weighted by Crippen LogP contribution is -2.43. The van der Waals surface area contributed by atoms with E-state index in [9.17, 15) is 4.79 Å². The van der Waals surface area contributed by atoms with Gasteiger partial charge in [0.05, 0.1) is 19.3 Å². The summed E-state index contributed by atoms with van der Waals surface area (Å²) in [7, 11) is 3.37. The van der Waals surface area contributed by atoms with Crippen molar-refractivity contribution in [3.05, 3.63) is 45.9 Å². The molecule has 2 saturated heterocycles. The summed E-state index contributed by atoms with van der Waals surface area (Å²) < 4.78 is 12.6. The van der Waals surface area contributed by atoms with Gasteiger partial charge in [-0.2, -0.15) is 10.1 Å². The molecule has 0 aliphatic carbocycles. The molecule has 2 aromatic heterocycles. The summed E-state index contributed by atoms with van der Waals surface area (Å²) in [5.74, 6) is 7.43. The van der Waals surface area contributed by atoms with Gasteiger partial charge in [-0.05, 0) is 42.7 Å². The van der Waals surface area contributed by atoms with Crippen molar-refractivity contribution < 1.29 is 9.47 Å². The van der Waals surface area contributed by atoms with Crippen LogP contribution >= 0.6 is 0 Å². The highest BCUT2D eigenvalue weighted by Crippen LogP contribution is 2.39. The molecule has 0 bridgehead atoms. The molecule has 8 heteroatoms. The van der Waals surface area contributed by atoms with Gasteiger partial charge in [-0.25, -0.2) is 0 Å². The Morgan fingerprint density at radius 3 is 2.74 bits per heavy atom. The zero-order valence-electron chi connectivity index (χ0n) is 17.8. The van der Waals surface area contributed by atoms with Crippen molar-refractivity contribution in [2.24, 2.45) is 12.5 Å².